The van der Waals surface area contributed by atoms with Crippen molar-refractivity contribution in [2.24, 2.45) is 0 Å². The van der Waals surface area contributed by atoms with E-state index in [1.54, 1.807) is 12.1 Å². The number of imidazole rings is 1. The van der Waals surface area contributed by atoms with Crippen LogP contribution < -0.4 is 24.0 Å². The van der Waals surface area contributed by atoms with Crippen molar-refractivity contribution >= 4 is 27.3 Å². The molecule has 20 heavy (non-hydrogen) atoms. The number of fused-ring (bicyclic) bond motifs is 1. The van der Waals surface area contributed by atoms with Gasteiger partial charge in [0.1, 0.15) is 5.65 Å². The van der Waals surface area contributed by atoms with Crippen molar-refractivity contribution < 1.29 is 28.9 Å². The standard InChI is InChI=1S/C13H8BrN3O2.HI/c14-10-3-6-13-15-12(8-16(13)7-10)9-1-4-11(5-2-9)17(18)19;/h1-8H;1H/p-1. The Bertz CT molecular complexity index is 771. The second-order valence-corrected chi connectivity index (χ2v) is 4.96. The van der Waals surface area contributed by atoms with Gasteiger partial charge in [-0.3, -0.25) is 10.1 Å². The van der Waals surface area contributed by atoms with E-state index in [-0.39, 0.29) is 29.7 Å². The number of non-ortho nitro benzene ring substituents is 1. The highest BCUT2D eigenvalue weighted by atomic mass is 127. The molecule has 0 unspecified atom stereocenters. The van der Waals surface area contributed by atoms with Crippen LogP contribution in [0.2, 0.25) is 0 Å². The molecule has 7 heteroatoms. The molecule has 102 valence electrons. The average Bonchev–Trinajstić information content (AvgIpc) is 2.81. The zero-order valence-electron chi connectivity index (χ0n) is 10.0. The maximum atomic E-state index is 10.6. The summed E-state index contributed by atoms with van der Waals surface area (Å²) in [6, 6.07) is 10.2. The first-order valence-corrected chi connectivity index (χ1v) is 6.32. The van der Waals surface area contributed by atoms with Crippen molar-refractivity contribution in [1.29, 1.82) is 0 Å². The summed E-state index contributed by atoms with van der Waals surface area (Å²) in [5.41, 5.74) is 2.55. The number of nitro groups is 1. The van der Waals surface area contributed by atoms with Gasteiger partial charge in [0.2, 0.25) is 0 Å². The Morgan fingerprint density at radius 1 is 1.10 bits per heavy atom. The molecule has 0 atom stereocenters. The van der Waals surface area contributed by atoms with E-state index in [4.69, 9.17) is 0 Å². The van der Waals surface area contributed by atoms with Crippen LogP contribution in [0.5, 0.6) is 0 Å². The van der Waals surface area contributed by atoms with Crippen LogP contribution in [0.25, 0.3) is 16.9 Å². The van der Waals surface area contributed by atoms with Crippen LogP contribution >= 0.6 is 15.9 Å². The van der Waals surface area contributed by atoms with E-state index >= 15 is 0 Å². The van der Waals surface area contributed by atoms with Crippen LogP contribution in [0.1, 0.15) is 0 Å². The largest absolute Gasteiger partial charge is 1.00 e. The molecule has 0 bridgehead atoms. The minimum absolute atomic E-state index is 0. The summed E-state index contributed by atoms with van der Waals surface area (Å²) in [6.07, 6.45) is 3.80. The van der Waals surface area contributed by atoms with Crippen LogP contribution in [0.3, 0.4) is 0 Å². The summed E-state index contributed by atoms with van der Waals surface area (Å²) in [5.74, 6) is 0. The number of nitrogens with zero attached hydrogens (tertiary/aromatic N) is 3. The second kappa shape index (κ2) is 5.88. The fourth-order valence-corrected chi connectivity index (χ4v) is 2.21. The van der Waals surface area contributed by atoms with Crippen LogP contribution in [0, 0.1) is 10.1 Å². The van der Waals surface area contributed by atoms with Crippen LogP contribution in [-0.2, 0) is 0 Å². The van der Waals surface area contributed by atoms with Gasteiger partial charge in [-0.1, -0.05) is 0 Å². The first kappa shape index (κ1) is 14.9. The van der Waals surface area contributed by atoms with E-state index in [0.29, 0.717) is 0 Å². The fraction of sp³-hybridized carbons (Fsp3) is 0. The highest BCUT2D eigenvalue weighted by Gasteiger charge is 2.08. The molecular formula is C13H8BrIN3O2-. The van der Waals surface area contributed by atoms with E-state index in [1.165, 1.54) is 12.1 Å². The Balaban J connectivity index is 0.00000147. The Morgan fingerprint density at radius 2 is 1.80 bits per heavy atom. The maximum Gasteiger partial charge on any atom is 0.269 e. The zero-order valence-corrected chi connectivity index (χ0v) is 13.8. The molecule has 2 heterocycles. The fourth-order valence-electron chi connectivity index (χ4n) is 1.86. The number of benzene rings is 1. The summed E-state index contributed by atoms with van der Waals surface area (Å²) < 4.78 is 2.87. The van der Waals surface area contributed by atoms with Crippen molar-refractivity contribution in [3.8, 4) is 11.3 Å². The molecule has 0 aliphatic carbocycles. The lowest BCUT2D eigenvalue weighted by Gasteiger charge is -1.95. The van der Waals surface area contributed by atoms with Gasteiger partial charge in [0, 0.05) is 34.6 Å². The minimum Gasteiger partial charge on any atom is -1.00 e. The van der Waals surface area contributed by atoms with Gasteiger partial charge in [-0.15, -0.1) is 0 Å². The lowest BCUT2D eigenvalue weighted by molar-refractivity contribution is -0.384. The SMILES string of the molecule is O=[N+]([O-])c1ccc(-c2cn3cc(Br)ccc3n2)cc1.[I-]. The third-order valence-electron chi connectivity index (χ3n) is 2.79. The summed E-state index contributed by atoms with van der Waals surface area (Å²) in [4.78, 5) is 14.7. The predicted molar refractivity (Wildman–Crippen MR) is 75.0 cm³/mol. The van der Waals surface area contributed by atoms with Crippen molar-refractivity contribution in [3.05, 3.63) is 63.4 Å². The zero-order chi connectivity index (χ0) is 13.4. The molecule has 5 nitrogen and oxygen atoms in total. The summed E-state index contributed by atoms with van der Waals surface area (Å²) in [7, 11) is 0. The Kier molecular flexibility index (Phi) is 4.39. The van der Waals surface area contributed by atoms with Crippen LogP contribution in [0.4, 0.5) is 5.69 Å². The number of halogens is 2. The average molecular weight is 445 g/mol. The molecule has 0 fully saturated rings. The number of rotatable bonds is 2. The summed E-state index contributed by atoms with van der Waals surface area (Å²) in [6.45, 7) is 0. The highest BCUT2D eigenvalue weighted by Crippen LogP contribution is 2.23. The van der Waals surface area contributed by atoms with Crippen molar-refractivity contribution in [3.63, 3.8) is 0 Å². The van der Waals surface area contributed by atoms with Gasteiger partial charge in [-0.25, -0.2) is 4.98 Å². The molecule has 0 saturated heterocycles. The molecule has 0 aliphatic heterocycles. The molecule has 0 amide bonds. The Labute approximate surface area is 139 Å². The third-order valence-corrected chi connectivity index (χ3v) is 3.26. The molecular weight excluding hydrogens is 437 g/mol. The van der Waals surface area contributed by atoms with Gasteiger partial charge in [-0.2, -0.15) is 0 Å². The normalized spacial score (nSPS) is 10.2. The monoisotopic (exact) mass is 444 g/mol. The molecule has 2 aromatic heterocycles. The molecule has 0 saturated carbocycles. The second-order valence-electron chi connectivity index (χ2n) is 4.04. The lowest BCUT2D eigenvalue weighted by Crippen LogP contribution is -3.00. The van der Waals surface area contributed by atoms with Crippen molar-refractivity contribution in [2.75, 3.05) is 0 Å². The molecule has 0 N–H and O–H groups in total. The van der Waals surface area contributed by atoms with Crippen molar-refractivity contribution in [1.82, 2.24) is 9.38 Å². The van der Waals surface area contributed by atoms with E-state index in [9.17, 15) is 10.1 Å². The van der Waals surface area contributed by atoms with Gasteiger partial charge >= 0.3 is 0 Å². The van der Waals surface area contributed by atoms with E-state index in [0.717, 1.165) is 21.4 Å². The number of hydrogen-bond donors (Lipinski definition) is 0. The third kappa shape index (κ3) is 2.83. The first-order chi connectivity index (χ1) is 9.13. The maximum absolute atomic E-state index is 10.6. The quantitative estimate of drug-likeness (QED) is 0.332. The molecule has 3 aromatic rings. The first-order valence-electron chi connectivity index (χ1n) is 5.52. The minimum atomic E-state index is -0.412. The molecule has 0 spiro atoms. The number of pyridine rings is 1. The summed E-state index contributed by atoms with van der Waals surface area (Å²) >= 11 is 3.40. The van der Waals surface area contributed by atoms with E-state index in [1.807, 2.05) is 28.9 Å². The Morgan fingerprint density at radius 3 is 2.45 bits per heavy atom. The van der Waals surface area contributed by atoms with E-state index in [2.05, 4.69) is 20.9 Å². The number of nitro benzene ring substituents is 1. The topological polar surface area (TPSA) is 60.4 Å². The van der Waals surface area contributed by atoms with Gasteiger partial charge in [0.05, 0.1) is 10.6 Å². The van der Waals surface area contributed by atoms with Gasteiger partial charge < -0.3 is 28.4 Å². The molecule has 3 rings (SSSR count). The highest BCUT2D eigenvalue weighted by molar-refractivity contribution is 9.10. The van der Waals surface area contributed by atoms with E-state index < -0.39 is 4.92 Å². The molecule has 0 aliphatic rings. The van der Waals surface area contributed by atoms with Crippen LogP contribution in [-0.4, -0.2) is 14.3 Å². The van der Waals surface area contributed by atoms with Gasteiger partial charge in [0.15, 0.2) is 0 Å². The number of hydrogen-bond acceptors (Lipinski definition) is 3. The smallest absolute Gasteiger partial charge is 0.269 e. The predicted octanol–water partition coefficient (Wildman–Crippen LogP) is 0.676. The van der Waals surface area contributed by atoms with Gasteiger partial charge in [0.25, 0.3) is 5.69 Å². The summed E-state index contributed by atoms with van der Waals surface area (Å²) in [5, 5.41) is 10.6. The molecule has 1 aromatic carbocycles. The molecule has 0 radical (unpaired) electrons. The van der Waals surface area contributed by atoms with Crippen LogP contribution in [0.15, 0.2) is 53.3 Å². The van der Waals surface area contributed by atoms with Gasteiger partial charge in [-0.05, 0) is 40.2 Å². The van der Waals surface area contributed by atoms with Crippen molar-refractivity contribution in [2.45, 2.75) is 0 Å². The number of aromatic nitrogens is 2. The lowest BCUT2D eigenvalue weighted by atomic mass is 10.1. The Hall–Kier alpha value is -1.48.